The Kier molecular flexibility index (Phi) is 7.18. The maximum absolute atomic E-state index is 11.7. The molecule has 0 saturated heterocycles. The van der Waals surface area contributed by atoms with Crippen molar-refractivity contribution in [3.05, 3.63) is 47.7 Å². The molecule has 0 spiro atoms. The van der Waals surface area contributed by atoms with Gasteiger partial charge in [0.1, 0.15) is 18.8 Å². The van der Waals surface area contributed by atoms with Crippen LogP contribution in [0, 0.1) is 0 Å². The number of methoxy groups -OCH3 is 1. The zero-order valence-electron chi connectivity index (χ0n) is 12.4. The number of amides is 2. The SMILES string of the molecule is C/C=C(\NC(=O)OCc1ccccc1)C(=O)NCC(=O)OC. The summed E-state index contributed by atoms with van der Waals surface area (Å²) in [6.07, 6.45) is 0.640. The molecule has 0 unspecified atom stereocenters. The molecule has 1 aromatic rings. The first-order valence-corrected chi connectivity index (χ1v) is 6.55. The molecular weight excluding hydrogens is 288 g/mol. The van der Waals surface area contributed by atoms with E-state index in [1.54, 1.807) is 6.92 Å². The van der Waals surface area contributed by atoms with Gasteiger partial charge < -0.3 is 14.8 Å². The lowest BCUT2D eigenvalue weighted by molar-refractivity contribution is -0.140. The van der Waals surface area contributed by atoms with E-state index >= 15 is 0 Å². The Hall–Kier alpha value is -2.83. The van der Waals surface area contributed by atoms with Gasteiger partial charge in [0.15, 0.2) is 0 Å². The number of nitrogens with one attached hydrogen (secondary N) is 2. The summed E-state index contributed by atoms with van der Waals surface area (Å²) in [5.74, 6) is -1.19. The number of ether oxygens (including phenoxy) is 2. The predicted octanol–water partition coefficient (Wildman–Crippen LogP) is 1.11. The van der Waals surface area contributed by atoms with Crippen LogP contribution in [0.1, 0.15) is 12.5 Å². The van der Waals surface area contributed by atoms with Crippen LogP contribution >= 0.6 is 0 Å². The average molecular weight is 306 g/mol. The van der Waals surface area contributed by atoms with E-state index in [2.05, 4.69) is 15.4 Å². The van der Waals surface area contributed by atoms with Crippen molar-refractivity contribution in [1.29, 1.82) is 0 Å². The van der Waals surface area contributed by atoms with E-state index in [1.165, 1.54) is 13.2 Å². The summed E-state index contributed by atoms with van der Waals surface area (Å²) in [4.78, 5) is 34.3. The van der Waals surface area contributed by atoms with Gasteiger partial charge in [0.2, 0.25) is 0 Å². The molecule has 7 nitrogen and oxygen atoms in total. The standard InChI is InChI=1S/C15H18N2O5/c1-3-12(14(19)16-9-13(18)21-2)17-15(20)22-10-11-7-5-4-6-8-11/h3-8H,9-10H2,1-2H3,(H,16,19)(H,17,20)/b12-3-. The van der Waals surface area contributed by atoms with Crippen LogP contribution in [-0.4, -0.2) is 31.6 Å². The number of hydrogen-bond donors (Lipinski definition) is 2. The predicted molar refractivity (Wildman–Crippen MR) is 78.5 cm³/mol. The van der Waals surface area contributed by atoms with Gasteiger partial charge in [0.05, 0.1) is 7.11 Å². The van der Waals surface area contributed by atoms with Gasteiger partial charge in [0, 0.05) is 0 Å². The molecule has 0 radical (unpaired) electrons. The quantitative estimate of drug-likeness (QED) is 0.606. The Labute approximate surface area is 128 Å². The summed E-state index contributed by atoms with van der Waals surface area (Å²) < 4.78 is 9.39. The molecule has 1 aromatic carbocycles. The molecule has 0 aliphatic heterocycles. The van der Waals surface area contributed by atoms with Crippen molar-refractivity contribution in [3.8, 4) is 0 Å². The average Bonchev–Trinajstić information content (AvgIpc) is 2.56. The topological polar surface area (TPSA) is 93.7 Å². The van der Waals surface area contributed by atoms with Crippen LogP contribution in [0.3, 0.4) is 0 Å². The van der Waals surface area contributed by atoms with Crippen molar-refractivity contribution in [3.63, 3.8) is 0 Å². The van der Waals surface area contributed by atoms with E-state index in [0.717, 1.165) is 5.56 Å². The second-order valence-electron chi connectivity index (χ2n) is 4.15. The van der Waals surface area contributed by atoms with Crippen molar-refractivity contribution in [2.45, 2.75) is 13.5 Å². The van der Waals surface area contributed by atoms with Crippen LogP contribution in [0.5, 0.6) is 0 Å². The summed E-state index contributed by atoms with van der Waals surface area (Å²) in [5.41, 5.74) is 0.816. The largest absolute Gasteiger partial charge is 0.468 e. The number of allylic oxidation sites excluding steroid dienone is 1. The van der Waals surface area contributed by atoms with Crippen LogP contribution in [-0.2, 0) is 25.7 Å². The monoisotopic (exact) mass is 306 g/mol. The van der Waals surface area contributed by atoms with E-state index in [4.69, 9.17) is 4.74 Å². The zero-order chi connectivity index (χ0) is 16.4. The molecule has 0 atom stereocenters. The lowest BCUT2D eigenvalue weighted by Gasteiger charge is -2.10. The van der Waals surface area contributed by atoms with E-state index in [0.29, 0.717) is 0 Å². The molecule has 2 amide bonds. The van der Waals surface area contributed by atoms with Gasteiger partial charge >= 0.3 is 12.1 Å². The third kappa shape index (κ3) is 6.08. The number of carbonyl (C=O) groups excluding carboxylic acids is 3. The highest BCUT2D eigenvalue weighted by Gasteiger charge is 2.14. The first-order chi connectivity index (χ1) is 10.6. The lowest BCUT2D eigenvalue weighted by Crippen LogP contribution is -2.37. The van der Waals surface area contributed by atoms with Crippen LogP contribution in [0.2, 0.25) is 0 Å². The third-order valence-electron chi connectivity index (χ3n) is 2.60. The fourth-order valence-corrected chi connectivity index (χ4v) is 1.45. The van der Waals surface area contributed by atoms with Crippen LogP contribution in [0.25, 0.3) is 0 Å². The number of carbonyl (C=O) groups is 3. The Morgan fingerprint density at radius 3 is 2.45 bits per heavy atom. The number of benzene rings is 1. The van der Waals surface area contributed by atoms with Crippen molar-refractivity contribution < 1.29 is 23.9 Å². The van der Waals surface area contributed by atoms with E-state index in [-0.39, 0.29) is 18.8 Å². The van der Waals surface area contributed by atoms with E-state index in [1.807, 2.05) is 30.3 Å². The minimum Gasteiger partial charge on any atom is -0.468 e. The van der Waals surface area contributed by atoms with Gasteiger partial charge in [-0.2, -0.15) is 0 Å². The molecule has 2 N–H and O–H groups in total. The van der Waals surface area contributed by atoms with Crippen molar-refractivity contribution in [2.24, 2.45) is 0 Å². The highest BCUT2D eigenvalue weighted by atomic mass is 16.5. The molecule has 0 fully saturated rings. The Morgan fingerprint density at radius 2 is 1.86 bits per heavy atom. The van der Waals surface area contributed by atoms with Crippen LogP contribution in [0.4, 0.5) is 4.79 Å². The number of esters is 1. The maximum atomic E-state index is 11.7. The Balaban J connectivity index is 2.43. The van der Waals surface area contributed by atoms with E-state index in [9.17, 15) is 14.4 Å². The molecule has 22 heavy (non-hydrogen) atoms. The number of hydrogen-bond acceptors (Lipinski definition) is 5. The Bertz CT molecular complexity index is 554. The van der Waals surface area contributed by atoms with E-state index < -0.39 is 18.0 Å². The zero-order valence-corrected chi connectivity index (χ0v) is 12.4. The van der Waals surface area contributed by atoms with Crippen LogP contribution in [0.15, 0.2) is 42.1 Å². The minimum absolute atomic E-state index is 0.0121. The minimum atomic E-state index is -0.759. The summed E-state index contributed by atoms with van der Waals surface area (Å²) in [6.45, 7) is 1.38. The number of rotatable bonds is 6. The lowest BCUT2D eigenvalue weighted by atomic mass is 10.2. The smallest absolute Gasteiger partial charge is 0.412 e. The second kappa shape index (κ2) is 9.17. The fourth-order valence-electron chi connectivity index (χ4n) is 1.45. The third-order valence-corrected chi connectivity index (χ3v) is 2.60. The molecule has 0 heterocycles. The Morgan fingerprint density at radius 1 is 1.18 bits per heavy atom. The summed E-state index contributed by atoms with van der Waals surface area (Å²) in [5, 5.41) is 4.63. The molecule has 0 saturated carbocycles. The van der Waals surface area contributed by atoms with Gasteiger partial charge in [-0.05, 0) is 12.5 Å². The second-order valence-corrected chi connectivity index (χ2v) is 4.15. The van der Waals surface area contributed by atoms with Gasteiger partial charge in [0.25, 0.3) is 5.91 Å². The molecule has 0 aliphatic carbocycles. The first-order valence-electron chi connectivity index (χ1n) is 6.55. The fraction of sp³-hybridized carbons (Fsp3) is 0.267. The molecule has 118 valence electrons. The summed E-state index contributed by atoms with van der Waals surface area (Å²) in [6, 6.07) is 9.13. The summed E-state index contributed by atoms with van der Waals surface area (Å²) in [7, 11) is 1.21. The molecular formula is C15H18N2O5. The van der Waals surface area contributed by atoms with Gasteiger partial charge in [-0.1, -0.05) is 36.4 Å². The highest BCUT2D eigenvalue weighted by molar-refractivity contribution is 5.97. The molecule has 1 rings (SSSR count). The van der Waals surface area contributed by atoms with Crippen molar-refractivity contribution >= 4 is 18.0 Å². The normalized spacial score (nSPS) is 10.5. The van der Waals surface area contributed by atoms with Crippen LogP contribution < -0.4 is 10.6 Å². The van der Waals surface area contributed by atoms with Gasteiger partial charge in [-0.15, -0.1) is 0 Å². The molecule has 0 aromatic heterocycles. The van der Waals surface area contributed by atoms with Gasteiger partial charge in [-0.3, -0.25) is 14.9 Å². The maximum Gasteiger partial charge on any atom is 0.412 e. The van der Waals surface area contributed by atoms with Crippen molar-refractivity contribution in [1.82, 2.24) is 10.6 Å². The highest BCUT2D eigenvalue weighted by Crippen LogP contribution is 2.01. The molecule has 7 heteroatoms. The number of alkyl carbamates (subject to hydrolysis) is 1. The molecule has 0 bridgehead atoms. The summed E-state index contributed by atoms with van der Waals surface area (Å²) >= 11 is 0. The van der Waals surface area contributed by atoms with Gasteiger partial charge in [-0.25, -0.2) is 4.79 Å². The first kappa shape index (κ1) is 17.2. The molecule has 0 aliphatic rings. The van der Waals surface area contributed by atoms with Crippen molar-refractivity contribution in [2.75, 3.05) is 13.7 Å².